The average Bonchev–Trinajstić information content (AvgIpc) is 3.76. The summed E-state index contributed by atoms with van der Waals surface area (Å²) in [6, 6.07) is 13.3. The van der Waals surface area contributed by atoms with E-state index in [-0.39, 0.29) is 18.3 Å². The van der Waals surface area contributed by atoms with Crippen molar-refractivity contribution in [3.63, 3.8) is 0 Å². The first-order chi connectivity index (χ1) is 22.5. The Morgan fingerprint density at radius 2 is 1.96 bits per heavy atom. The van der Waals surface area contributed by atoms with Crippen molar-refractivity contribution in [1.29, 1.82) is 0 Å². The van der Waals surface area contributed by atoms with E-state index in [0.717, 1.165) is 57.8 Å². The molecular weight excluding hydrogens is 601 g/mol. The Kier molecular flexibility index (Phi) is 9.58. The van der Waals surface area contributed by atoms with Crippen LogP contribution in [0.3, 0.4) is 0 Å². The van der Waals surface area contributed by atoms with Gasteiger partial charge in [0.15, 0.2) is 0 Å². The number of benzene rings is 2. The van der Waals surface area contributed by atoms with E-state index >= 15 is 0 Å². The molecule has 0 fully saturated rings. The molecule has 0 radical (unpaired) electrons. The normalized spacial score (nSPS) is 13.9. The molecule has 1 amide bonds. The van der Waals surface area contributed by atoms with Crippen molar-refractivity contribution < 1.29 is 18.7 Å². The average molecular weight is 640 g/mol. The van der Waals surface area contributed by atoms with Crippen LogP contribution in [-0.2, 0) is 35.6 Å². The highest BCUT2D eigenvalue weighted by Crippen LogP contribution is 2.46. The molecule has 7 rings (SSSR count). The molecule has 10 heteroatoms. The first-order valence-electron chi connectivity index (χ1n) is 15.7. The molecule has 0 aliphatic carbocycles. The number of thiophene rings is 1. The van der Waals surface area contributed by atoms with Gasteiger partial charge in [0.1, 0.15) is 35.4 Å². The summed E-state index contributed by atoms with van der Waals surface area (Å²) in [6.07, 6.45) is 4.31. The Morgan fingerprint density at radius 3 is 2.78 bits per heavy atom. The molecule has 3 aromatic heterocycles. The lowest BCUT2D eigenvalue weighted by Crippen LogP contribution is -2.37. The summed E-state index contributed by atoms with van der Waals surface area (Å²) < 4.78 is 28.9. The van der Waals surface area contributed by atoms with Crippen LogP contribution in [0.15, 0.2) is 66.7 Å². The zero-order chi connectivity index (χ0) is 32.2. The first kappa shape index (κ1) is 31.6. The topological polar surface area (TPSA) is 81.5 Å². The van der Waals surface area contributed by atoms with Gasteiger partial charge in [-0.15, -0.1) is 11.3 Å². The third-order valence-electron chi connectivity index (χ3n) is 8.26. The van der Waals surface area contributed by atoms with Crippen LogP contribution in [-0.4, -0.2) is 58.8 Å². The molecule has 5 heterocycles. The molecule has 0 saturated heterocycles. The van der Waals surface area contributed by atoms with Gasteiger partial charge in [-0.1, -0.05) is 32.6 Å². The van der Waals surface area contributed by atoms with Crippen molar-refractivity contribution in [2.75, 3.05) is 33.4 Å². The Balaban J connectivity index is 0.00000182. The van der Waals surface area contributed by atoms with Gasteiger partial charge in [-0.2, -0.15) is 0 Å². The predicted octanol–water partition coefficient (Wildman–Crippen LogP) is 6.86. The van der Waals surface area contributed by atoms with Gasteiger partial charge in [-0.05, 0) is 59.8 Å². The first-order valence-corrected chi connectivity index (χ1v) is 16.6. The minimum Gasteiger partial charge on any atom is -0.490 e. The van der Waals surface area contributed by atoms with Gasteiger partial charge in [0.25, 0.3) is 0 Å². The summed E-state index contributed by atoms with van der Waals surface area (Å²) in [5.74, 6) is 0.691. The smallest absolute Gasteiger partial charge is 0.246 e. The second kappa shape index (κ2) is 13.9. The lowest BCUT2D eigenvalue weighted by atomic mass is 9.94. The molecule has 0 bridgehead atoms. The van der Waals surface area contributed by atoms with E-state index in [1.54, 1.807) is 29.4 Å². The highest BCUT2D eigenvalue weighted by Gasteiger charge is 2.27. The second-order valence-electron chi connectivity index (χ2n) is 10.9. The fourth-order valence-corrected chi connectivity index (χ4v) is 7.00. The number of carbonyl (C=O) groups is 1. The molecule has 0 unspecified atom stereocenters. The number of ether oxygens (including phenoxy) is 2. The van der Waals surface area contributed by atoms with Gasteiger partial charge in [-0.3, -0.25) is 4.79 Å². The molecule has 0 atom stereocenters. The Bertz CT molecular complexity index is 1900. The fourth-order valence-electron chi connectivity index (χ4n) is 6.05. The van der Waals surface area contributed by atoms with Crippen molar-refractivity contribution in [1.82, 2.24) is 24.8 Å². The van der Waals surface area contributed by atoms with Crippen molar-refractivity contribution in [2.45, 2.75) is 39.9 Å². The zero-order valence-electron chi connectivity index (χ0n) is 26.4. The van der Waals surface area contributed by atoms with Gasteiger partial charge >= 0.3 is 0 Å². The maximum atomic E-state index is 14.6. The summed E-state index contributed by atoms with van der Waals surface area (Å²) in [6.45, 7) is 11.7. The fraction of sp³-hybridized carbons (Fsp3) is 0.306. The second-order valence-corrected chi connectivity index (χ2v) is 11.9. The third kappa shape index (κ3) is 6.08. The molecule has 2 aliphatic heterocycles. The number of fused-ring (bicyclic) bond motifs is 3. The molecule has 1 N–H and O–H groups in total. The highest BCUT2D eigenvalue weighted by atomic mass is 32.1. The number of pyridine rings is 1. The SMILES string of the molecule is C=CC(=O)N1CCn2cc(-c3nc(-c4ccc5c(c4)CCNC5)c4ccsc4c3-c3ccc(F)cc3OCCOC)nc2C1.CC. The van der Waals surface area contributed by atoms with Gasteiger partial charge < -0.3 is 24.3 Å². The van der Waals surface area contributed by atoms with Crippen molar-refractivity contribution >= 4 is 27.3 Å². The standard InChI is InChI=1S/C34H32FN5O3S.C2H6/c1-3-30(41)40-12-11-39-19-27(37-29(39)20-40)33-31(25-7-6-24(35)17-28(25)43-14-13-42-2)34-26(9-15-44-34)32(38-33)22-4-5-23-18-36-10-8-21(23)16-22;1-2/h3-7,9,15-17,19,36H,1,8,10-14,18,20H2,2H3;1-2H3. The molecule has 5 aromatic rings. The van der Waals surface area contributed by atoms with Crippen LogP contribution >= 0.6 is 11.3 Å². The lowest BCUT2D eigenvalue weighted by molar-refractivity contribution is -0.127. The summed E-state index contributed by atoms with van der Waals surface area (Å²) in [7, 11) is 1.60. The van der Waals surface area contributed by atoms with Crippen LogP contribution in [0.25, 0.3) is 43.9 Å². The zero-order valence-corrected chi connectivity index (χ0v) is 27.3. The van der Waals surface area contributed by atoms with Crippen LogP contribution in [0.4, 0.5) is 4.39 Å². The van der Waals surface area contributed by atoms with Gasteiger partial charge in [0.05, 0.1) is 18.8 Å². The van der Waals surface area contributed by atoms with Crippen LogP contribution in [0.2, 0.25) is 0 Å². The summed E-state index contributed by atoms with van der Waals surface area (Å²) >= 11 is 1.62. The number of nitrogens with one attached hydrogen (secondary N) is 1. The van der Waals surface area contributed by atoms with Gasteiger partial charge in [0, 0.05) is 65.8 Å². The number of rotatable bonds is 8. The van der Waals surface area contributed by atoms with E-state index in [4.69, 9.17) is 19.4 Å². The van der Waals surface area contributed by atoms with E-state index in [1.807, 2.05) is 20.0 Å². The number of hydrogen-bond donors (Lipinski definition) is 1. The summed E-state index contributed by atoms with van der Waals surface area (Å²) in [5.41, 5.74) is 7.49. The molecule has 2 aromatic carbocycles. The minimum atomic E-state index is -0.386. The molecule has 8 nitrogen and oxygen atoms in total. The Morgan fingerprint density at radius 1 is 1.09 bits per heavy atom. The minimum absolute atomic E-state index is 0.117. The van der Waals surface area contributed by atoms with E-state index < -0.39 is 0 Å². The van der Waals surface area contributed by atoms with E-state index in [0.29, 0.717) is 43.4 Å². The third-order valence-corrected chi connectivity index (χ3v) is 9.20. The quantitative estimate of drug-likeness (QED) is 0.148. The molecule has 46 heavy (non-hydrogen) atoms. The Labute approximate surface area is 272 Å². The van der Waals surface area contributed by atoms with E-state index in [2.05, 4.69) is 46.1 Å². The van der Waals surface area contributed by atoms with E-state index in [1.165, 1.54) is 29.3 Å². The molecule has 0 saturated carbocycles. The monoisotopic (exact) mass is 639 g/mol. The summed E-state index contributed by atoms with van der Waals surface area (Å²) in [4.78, 5) is 24.5. The van der Waals surface area contributed by atoms with Crippen molar-refractivity contribution in [3.8, 4) is 39.5 Å². The maximum Gasteiger partial charge on any atom is 0.246 e. The van der Waals surface area contributed by atoms with Crippen molar-refractivity contribution in [2.24, 2.45) is 0 Å². The van der Waals surface area contributed by atoms with Crippen LogP contribution in [0, 0.1) is 5.82 Å². The predicted molar refractivity (Wildman–Crippen MR) is 181 cm³/mol. The van der Waals surface area contributed by atoms with Crippen LogP contribution in [0.5, 0.6) is 5.75 Å². The number of halogens is 1. The molecular formula is C36H38FN5O3S. The molecule has 238 valence electrons. The number of methoxy groups -OCH3 is 1. The van der Waals surface area contributed by atoms with Crippen LogP contribution < -0.4 is 10.1 Å². The number of nitrogens with zero attached hydrogens (tertiary/aromatic N) is 4. The van der Waals surface area contributed by atoms with Gasteiger partial charge in [-0.25, -0.2) is 14.4 Å². The van der Waals surface area contributed by atoms with Crippen molar-refractivity contribution in [3.05, 3.63) is 89.5 Å². The van der Waals surface area contributed by atoms with Crippen LogP contribution in [0.1, 0.15) is 30.8 Å². The number of hydrogen-bond acceptors (Lipinski definition) is 7. The number of aromatic nitrogens is 3. The number of imidazole rings is 1. The molecule has 0 spiro atoms. The molecule has 2 aliphatic rings. The number of amides is 1. The Hall–Kier alpha value is -4.38. The van der Waals surface area contributed by atoms with Gasteiger partial charge in [0.2, 0.25) is 5.91 Å². The highest BCUT2D eigenvalue weighted by molar-refractivity contribution is 7.18. The lowest BCUT2D eigenvalue weighted by Gasteiger charge is -2.26. The van der Waals surface area contributed by atoms with E-state index in [9.17, 15) is 9.18 Å². The summed E-state index contributed by atoms with van der Waals surface area (Å²) in [5, 5.41) is 6.53. The number of carbonyl (C=O) groups excluding carboxylic acids is 1. The maximum absolute atomic E-state index is 14.6. The largest absolute Gasteiger partial charge is 0.490 e.